The van der Waals surface area contributed by atoms with Crippen LogP contribution >= 0.6 is 11.6 Å². The largest absolute Gasteiger partial charge is 0.496 e. The van der Waals surface area contributed by atoms with Gasteiger partial charge in [0.25, 0.3) is 0 Å². The van der Waals surface area contributed by atoms with Crippen LogP contribution in [0.2, 0.25) is 5.02 Å². The first-order valence-electron chi connectivity index (χ1n) is 4.17. The van der Waals surface area contributed by atoms with Crippen molar-refractivity contribution in [3.63, 3.8) is 0 Å². The van der Waals surface area contributed by atoms with E-state index in [9.17, 15) is 12.3 Å². The van der Waals surface area contributed by atoms with Crippen LogP contribution in [0.1, 0.15) is 5.56 Å². The minimum Gasteiger partial charge on any atom is -0.496 e. The van der Waals surface area contributed by atoms with E-state index in [4.69, 9.17) is 16.3 Å². The first kappa shape index (κ1) is 12.3. The molecule has 0 aliphatic heterocycles. The molecule has 0 N–H and O–H groups in total. The molecule has 0 saturated carbocycles. The van der Waals surface area contributed by atoms with Gasteiger partial charge in [0.05, 0.1) is 12.9 Å². The molecule has 6 heteroatoms. The SMILES string of the molecule is COc1cc(Cl)ccc1CCS(=O)(=O)F. The summed E-state index contributed by atoms with van der Waals surface area (Å²) in [5, 5.41) is 0.485. The van der Waals surface area contributed by atoms with Crippen LogP contribution in [-0.2, 0) is 16.6 Å². The molecule has 0 amide bonds. The molecule has 1 aromatic rings. The molecule has 0 heterocycles. The van der Waals surface area contributed by atoms with E-state index in [2.05, 4.69) is 0 Å². The average Bonchev–Trinajstić information content (AvgIpc) is 2.14. The Morgan fingerprint density at radius 3 is 2.67 bits per heavy atom. The van der Waals surface area contributed by atoms with Gasteiger partial charge < -0.3 is 4.74 Å². The standard InChI is InChI=1S/C9H10ClFO3S/c1-14-9-6-8(10)3-2-7(9)4-5-15(11,12)13/h2-3,6H,4-5H2,1H3. The third-order valence-corrected chi connectivity index (χ3v) is 2.79. The van der Waals surface area contributed by atoms with Crippen LogP contribution < -0.4 is 4.74 Å². The molecule has 15 heavy (non-hydrogen) atoms. The Bertz CT molecular complexity index is 445. The topological polar surface area (TPSA) is 43.4 Å². The number of rotatable bonds is 4. The summed E-state index contributed by atoms with van der Waals surface area (Å²) in [5.74, 6) is -0.0866. The maximum Gasteiger partial charge on any atom is 0.302 e. The summed E-state index contributed by atoms with van der Waals surface area (Å²) in [6, 6.07) is 4.78. The highest BCUT2D eigenvalue weighted by molar-refractivity contribution is 7.86. The fourth-order valence-electron chi connectivity index (χ4n) is 1.16. The summed E-state index contributed by atoms with van der Waals surface area (Å²) in [6.45, 7) is 0. The first-order chi connectivity index (χ1) is 6.92. The lowest BCUT2D eigenvalue weighted by atomic mass is 10.1. The monoisotopic (exact) mass is 252 g/mol. The van der Waals surface area contributed by atoms with Crippen LogP contribution in [0.15, 0.2) is 18.2 Å². The van der Waals surface area contributed by atoms with Gasteiger partial charge in [0.1, 0.15) is 5.75 Å². The molecule has 0 fully saturated rings. The summed E-state index contributed by atoms with van der Waals surface area (Å²) in [7, 11) is -3.00. The first-order valence-corrected chi connectivity index (χ1v) is 6.10. The Morgan fingerprint density at radius 2 is 2.13 bits per heavy atom. The Kier molecular flexibility index (Phi) is 3.93. The highest BCUT2D eigenvalue weighted by Crippen LogP contribution is 2.23. The van der Waals surface area contributed by atoms with Crippen molar-refractivity contribution in [2.45, 2.75) is 6.42 Å². The summed E-state index contributed by atoms with van der Waals surface area (Å²) >= 11 is 5.71. The second kappa shape index (κ2) is 4.81. The van der Waals surface area contributed by atoms with Gasteiger partial charge in [-0.25, -0.2) is 0 Å². The zero-order valence-corrected chi connectivity index (χ0v) is 9.61. The molecule has 0 atom stereocenters. The van der Waals surface area contributed by atoms with Gasteiger partial charge in [-0.3, -0.25) is 0 Å². The molecule has 1 aromatic carbocycles. The van der Waals surface area contributed by atoms with Crippen molar-refractivity contribution < 1.29 is 17.0 Å². The Hall–Kier alpha value is -0.810. The summed E-state index contributed by atoms with van der Waals surface area (Å²) in [6.07, 6.45) is 0.0686. The van der Waals surface area contributed by atoms with Crippen LogP contribution in [0, 0.1) is 0 Å². The molecular formula is C9H10ClFO3S. The Balaban J connectivity index is 2.85. The molecule has 0 saturated heterocycles. The number of hydrogen-bond acceptors (Lipinski definition) is 3. The van der Waals surface area contributed by atoms with E-state index in [0.29, 0.717) is 16.3 Å². The minimum atomic E-state index is -4.45. The highest BCUT2D eigenvalue weighted by atomic mass is 35.5. The van der Waals surface area contributed by atoms with Crippen molar-refractivity contribution in [3.05, 3.63) is 28.8 Å². The van der Waals surface area contributed by atoms with Crippen LogP contribution in [-0.4, -0.2) is 21.3 Å². The molecule has 0 radical (unpaired) electrons. The van der Waals surface area contributed by atoms with Gasteiger partial charge in [-0.2, -0.15) is 8.42 Å². The van der Waals surface area contributed by atoms with E-state index < -0.39 is 16.0 Å². The number of aryl methyl sites for hydroxylation is 1. The molecule has 0 aliphatic rings. The predicted octanol–water partition coefficient (Wildman–Crippen LogP) is 2.19. The zero-order chi connectivity index (χ0) is 11.5. The maximum atomic E-state index is 12.3. The van der Waals surface area contributed by atoms with Gasteiger partial charge in [-0.1, -0.05) is 17.7 Å². The molecule has 3 nitrogen and oxygen atoms in total. The van der Waals surface area contributed by atoms with Crippen LogP contribution in [0.5, 0.6) is 5.75 Å². The Morgan fingerprint density at radius 1 is 1.47 bits per heavy atom. The van der Waals surface area contributed by atoms with Gasteiger partial charge in [-0.15, -0.1) is 3.89 Å². The number of methoxy groups -OCH3 is 1. The third-order valence-electron chi connectivity index (χ3n) is 1.86. The van der Waals surface area contributed by atoms with Crippen molar-refractivity contribution in [1.82, 2.24) is 0 Å². The number of benzene rings is 1. The molecule has 0 aromatic heterocycles. The lowest BCUT2D eigenvalue weighted by Gasteiger charge is -2.07. The van der Waals surface area contributed by atoms with Gasteiger partial charge in [0.2, 0.25) is 0 Å². The van der Waals surface area contributed by atoms with E-state index in [0.717, 1.165) is 0 Å². The molecule has 0 unspecified atom stereocenters. The van der Waals surface area contributed by atoms with Crippen molar-refractivity contribution in [2.24, 2.45) is 0 Å². The van der Waals surface area contributed by atoms with Crippen LogP contribution in [0.25, 0.3) is 0 Å². The average molecular weight is 253 g/mol. The quantitative estimate of drug-likeness (QED) is 0.772. The van der Waals surface area contributed by atoms with E-state index in [1.165, 1.54) is 7.11 Å². The fourth-order valence-corrected chi connectivity index (χ4v) is 1.78. The lowest BCUT2D eigenvalue weighted by molar-refractivity contribution is 0.410. The van der Waals surface area contributed by atoms with Crippen LogP contribution in [0.4, 0.5) is 3.89 Å². The normalized spacial score (nSPS) is 11.4. The van der Waals surface area contributed by atoms with Crippen LogP contribution in [0.3, 0.4) is 0 Å². The molecule has 1 rings (SSSR count). The Labute approximate surface area is 93.0 Å². The minimum absolute atomic E-state index is 0.0686. The van der Waals surface area contributed by atoms with Gasteiger partial charge in [0, 0.05) is 5.02 Å². The maximum absolute atomic E-state index is 12.3. The van der Waals surface area contributed by atoms with Crippen molar-refractivity contribution in [3.8, 4) is 5.75 Å². The third kappa shape index (κ3) is 4.05. The van der Waals surface area contributed by atoms with E-state index in [1.54, 1.807) is 18.2 Å². The molecule has 0 spiro atoms. The van der Waals surface area contributed by atoms with Gasteiger partial charge in [0.15, 0.2) is 0 Å². The number of halogens is 2. The smallest absolute Gasteiger partial charge is 0.302 e. The van der Waals surface area contributed by atoms with Crippen molar-refractivity contribution >= 4 is 21.8 Å². The summed E-state index contributed by atoms with van der Waals surface area (Å²) < 4.78 is 38.0. The molecule has 0 bridgehead atoms. The highest BCUT2D eigenvalue weighted by Gasteiger charge is 2.10. The van der Waals surface area contributed by atoms with Crippen molar-refractivity contribution in [1.29, 1.82) is 0 Å². The second-order valence-corrected chi connectivity index (χ2v) is 4.87. The van der Waals surface area contributed by atoms with Gasteiger partial charge >= 0.3 is 10.2 Å². The summed E-state index contributed by atoms with van der Waals surface area (Å²) in [5.41, 5.74) is 0.614. The summed E-state index contributed by atoms with van der Waals surface area (Å²) in [4.78, 5) is 0. The van der Waals surface area contributed by atoms with Crippen molar-refractivity contribution in [2.75, 3.05) is 12.9 Å². The molecule has 84 valence electrons. The second-order valence-electron chi connectivity index (χ2n) is 2.95. The zero-order valence-electron chi connectivity index (χ0n) is 8.04. The van der Waals surface area contributed by atoms with E-state index >= 15 is 0 Å². The van der Waals surface area contributed by atoms with E-state index in [-0.39, 0.29) is 6.42 Å². The molecule has 0 aliphatic carbocycles. The van der Waals surface area contributed by atoms with Gasteiger partial charge in [-0.05, 0) is 24.1 Å². The number of ether oxygens (including phenoxy) is 1. The molecular weight excluding hydrogens is 243 g/mol. The number of hydrogen-bond donors (Lipinski definition) is 0. The van der Waals surface area contributed by atoms with E-state index in [1.807, 2.05) is 0 Å². The fraction of sp³-hybridized carbons (Fsp3) is 0.333. The lowest BCUT2D eigenvalue weighted by Crippen LogP contribution is -2.03. The predicted molar refractivity (Wildman–Crippen MR) is 56.6 cm³/mol.